The Balaban J connectivity index is 1.92. The normalized spacial score (nSPS) is 23.2. The highest BCUT2D eigenvalue weighted by Crippen LogP contribution is 2.25. The van der Waals surface area contributed by atoms with Gasteiger partial charge in [-0.05, 0) is 44.5 Å². The predicted octanol–water partition coefficient (Wildman–Crippen LogP) is 4.18. The van der Waals surface area contributed by atoms with E-state index in [4.69, 9.17) is 16.3 Å². The molecule has 0 spiro atoms. The fourth-order valence-corrected chi connectivity index (χ4v) is 3.55. The second-order valence-electron chi connectivity index (χ2n) is 5.83. The van der Waals surface area contributed by atoms with E-state index in [9.17, 15) is 4.79 Å². The van der Waals surface area contributed by atoms with E-state index < -0.39 is 0 Å². The van der Waals surface area contributed by atoms with Gasteiger partial charge in [0, 0.05) is 36.7 Å². The first-order chi connectivity index (χ1) is 9.93. The molecule has 0 aromatic heterocycles. The van der Waals surface area contributed by atoms with E-state index >= 15 is 0 Å². The summed E-state index contributed by atoms with van der Waals surface area (Å²) in [6.07, 6.45) is 2.67. The van der Waals surface area contributed by atoms with Crippen molar-refractivity contribution in [3.63, 3.8) is 0 Å². The molecule has 5 heteroatoms. The van der Waals surface area contributed by atoms with Gasteiger partial charge in [0.05, 0.1) is 10.6 Å². The van der Waals surface area contributed by atoms with Crippen LogP contribution in [0.2, 0.25) is 5.02 Å². The summed E-state index contributed by atoms with van der Waals surface area (Å²) in [5.74, 6) is 0.0946. The number of ketones is 1. The van der Waals surface area contributed by atoms with Gasteiger partial charge >= 0.3 is 0 Å². The second kappa shape index (κ2) is 7.23. The highest BCUT2D eigenvalue weighted by molar-refractivity contribution is 9.10. The minimum absolute atomic E-state index is 0.0868. The van der Waals surface area contributed by atoms with Crippen LogP contribution in [0, 0.1) is 0 Å². The summed E-state index contributed by atoms with van der Waals surface area (Å²) in [6, 6.07) is 5.39. The fraction of sp³-hybridized carbons (Fsp3) is 0.562. The second-order valence-corrected chi connectivity index (χ2v) is 7.15. The molecule has 1 unspecified atom stereocenters. The van der Waals surface area contributed by atoms with Crippen LogP contribution in [0.1, 0.15) is 36.5 Å². The van der Waals surface area contributed by atoms with Crippen LogP contribution in [-0.4, -0.2) is 43.0 Å². The molecule has 1 fully saturated rings. The summed E-state index contributed by atoms with van der Waals surface area (Å²) in [5, 5.41) is 0.509. The lowest BCUT2D eigenvalue weighted by Gasteiger charge is -2.39. The number of halogens is 2. The minimum atomic E-state index is -0.0868. The van der Waals surface area contributed by atoms with E-state index in [1.165, 1.54) is 0 Å². The lowest BCUT2D eigenvalue weighted by molar-refractivity contribution is -0.0503. The number of piperidine rings is 1. The number of methoxy groups -OCH3 is 1. The zero-order chi connectivity index (χ0) is 15.5. The van der Waals surface area contributed by atoms with Gasteiger partial charge in [0.2, 0.25) is 0 Å². The standard InChI is InChI=1S/C16H21BrClNO2/c1-16(21-2)7-3-8-19(11-16)9-6-15(20)13-5-4-12(17)10-14(13)18/h4-5,10H,3,6-9,11H2,1-2H3. The number of rotatable bonds is 5. The number of nitrogens with zero attached hydrogens (tertiary/aromatic N) is 1. The summed E-state index contributed by atoms with van der Waals surface area (Å²) in [5.41, 5.74) is 0.516. The Kier molecular flexibility index (Phi) is 5.83. The van der Waals surface area contributed by atoms with E-state index in [0.717, 1.165) is 36.9 Å². The van der Waals surface area contributed by atoms with Crippen molar-refractivity contribution in [3.05, 3.63) is 33.3 Å². The van der Waals surface area contributed by atoms with E-state index in [0.29, 0.717) is 17.0 Å². The predicted molar refractivity (Wildman–Crippen MR) is 89.2 cm³/mol. The first-order valence-electron chi connectivity index (χ1n) is 7.19. The maximum atomic E-state index is 12.3. The van der Waals surface area contributed by atoms with E-state index in [-0.39, 0.29) is 11.4 Å². The van der Waals surface area contributed by atoms with Crippen molar-refractivity contribution in [3.8, 4) is 0 Å². The molecule has 1 atom stereocenters. The molecule has 21 heavy (non-hydrogen) atoms. The average Bonchev–Trinajstić information content (AvgIpc) is 2.45. The van der Waals surface area contributed by atoms with Crippen LogP contribution in [0.5, 0.6) is 0 Å². The van der Waals surface area contributed by atoms with Gasteiger partial charge in [-0.25, -0.2) is 0 Å². The highest BCUT2D eigenvalue weighted by atomic mass is 79.9. The van der Waals surface area contributed by atoms with Crippen LogP contribution >= 0.6 is 27.5 Å². The fourth-order valence-electron chi connectivity index (χ4n) is 2.78. The van der Waals surface area contributed by atoms with Crippen LogP contribution in [0.15, 0.2) is 22.7 Å². The van der Waals surface area contributed by atoms with Gasteiger partial charge in [-0.2, -0.15) is 0 Å². The summed E-state index contributed by atoms with van der Waals surface area (Å²) in [4.78, 5) is 14.6. The van der Waals surface area contributed by atoms with Crippen LogP contribution in [-0.2, 0) is 4.74 Å². The number of hydrogen-bond acceptors (Lipinski definition) is 3. The molecule has 1 aliphatic heterocycles. The average molecular weight is 375 g/mol. The molecule has 0 amide bonds. The molecule has 0 saturated carbocycles. The molecule has 2 rings (SSSR count). The van der Waals surface area contributed by atoms with Crippen molar-refractivity contribution in [1.29, 1.82) is 0 Å². The van der Waals surface area contributed by atoms with Crippen LogP contribution in [0.25, 0.3) is 0 Å². The van der Waals surface area contributed by atoms with Crippen LogP contribution < -0.4 is 0 Å². The third kappa shape index (κ3) is 4.52. The Morgan fingerprint density at radius 3 is 2.95 bits per heavy atom. The molecule has 1 aromatic carbocycles. The van der Waals surface area contributed by atoms with Crippen molar-refractivity contribution >= 4 is 33.3 Å². The summed E-state index contributed by atoms with van der Waals surface area (Å²) in [7, 11) is 1.76. The van der Waals surface area contributed by atoms with Crippen molar-refractivity contribution in [2.75, 3.05) is 26.7 Å². The molecule has 1 heterocycles. The molecule has 0 aliphatic carbocycles. The van der Waals surface area contributed by atoms with Crippen molar-refractivity contribution in [1.82, 2.24) is 4.90 Å². The molecule has 1 aromatic rings. The number of Topliss-reactive ketones (excluding diaryl/α,β-unsaturated/α-hetero) is 1. The third-order valence-electron chi connectivity index (χ3n) is 4.12. The maximum Gasteiger partial charge on any atom is 0.165 e. The van der Waals surface area contributed by atoms with Gasteiger partial charge < -0.3 is 9.64 Å². The molecule has 1 saturated heterocycles. The van der Waals surface area contributed by atoms with E-state index in [1.807, 2.05) is 6.07 Å². The smallest absolute Gasteiger partial charge is 0.165 e. The number of hydrogen-bond donors (Lipinski definition) is 0. The zero-order valence-electron chi connectivity index (χ0n) is 12.5. The first kappa shape index (κ1) is 16.9. The summed E-state index contributed by atoms with van der Waals surface area (Å²) in [6.45, 7) is 4.79. The van der Waals surface area contributed by atoms with Gasteiger partial charge in [0.1, 0.15) is 0 Å². The molecule has 1 aliphatic rings. The molecular weight excluding hydrogens is 354 g/mol. The number of ether oxygens (including phenoxy) is 1. The maximum absolute atomic E-state index is 12.3. The highest BCUT2D eigenvalue weighted by Gasteiger charge is 2.30. The Labute approximate surface area is 139 Å². The number of likely N-dealkylation sites (tertiary alicyclic amines) is 1. The lowest BCUT2D eigenvalue weighted by Crippen LogP contribution is -2.47. The molecule has 0 N–H and O–H groups in total. The van der Waals surface area contributed by atoms with Gasteiger partial charge in [-0.15, -0.1) is 0 Å². The number of carbonyl (C=O) groups excluding carboxylic acids is 1. The van der Waals surface area contributed by atoms with Crippen molar-refractivity contribution in [2.24, 2.45) is 0 Å². The van der Waals surface area contributed by atoms with E-state index in [2.05, 4.69) is 27.8 Å². The Hall–Kier alpha value is -0.420. The largest absolute Gasteiger partial charge is 0.377 e. The molecule has 0 radical (unpaired) electrons. The number of benzene rings is 1. The quantitative estimate of drug-likeness (QED) is 0.724. The van der Waals surface area contributed by atoms with Gasteiger partial charge in [-0.1, -0.05) is 27.5 Å². The molecule has 0 bridgehead atoms. The van der Waals surface area contributed by atoms with Crippen molar-refractivity contribution < 1.29 is 9.53 Å². The minimum Gasteiger partial charge on any atom is -0.377 e. The Bertz CT molecular complexity index is 523. The molecule has 3 nitrogen and oxygen atoms in total. The summed E-state index contributed by atoms with van der Waals surface area (Å²) < 4.78 is 6.46. The molecule has 116 valence electrons. The van der Waals surface area contributed by atoms with Gasteiger partial charge in [0.25, 0.3) is 0 Å². The third-order valence-corrected chi connectivity index (χ3v) is 4.92. The monoisotopic (exact) mass is 373 g/mol. The van der Waals surface area contributed by atoms with E-state index in [1.54, 1.807) is 19.2 Å². The Morgan fingerprint density at radius 2 is 2.29 bits per heavy atom. The molecular formula is C16H21BrClNO2. The zero-order valence-corrected chi connectivity index (χ0v) is 14.8. The van der Waals surface area contributed by atoms with Gasteiger partial charge in [-0.3, -0.25) is 4.79 Å². The number of carbonyl (C=O) groups is 1. The van der Waals surface area contributed by atoms with Crippen LogP contribution in [0.3, 0.4) is 0 Å². The van der Waals surface area contributed by atoms with Crippen molar-refractivity contribution in [2.45, 2.75) is 31.8 Å². The Morgan fingerprint density at radius 1 is 1.52 bits per heavy atom. The van der Waals surface area contributed by atoms with Crippen LogP contribution in [0.4, 0.5) is 0 Å². The van der Waals surface area contributed by atoms with Gasteiger partial charge in [0.15, 0.2) is 5.78 Å². The topological polar surface area (TPSA) is 29.5 Å². The lowest BCUT2D eigenvalue weighted by atomic mass is 9.94. The SMILES string of the molecule is COC1(C)CCCN(CCC(=O)c2ccc(Br)cc2Cl)C1. The summed E-state index contributed by atoms with van der Waals surface area (Å²) >= 11 is 9.48. The first-order valence-corrected chi connectivity index (χ1v) is 8.36.